The predicted molar refractivity (Wildman–Crippen MR) is 183 cm³/mol. The van der Waals surface area contributed by atoms with Crippen molar-refractivity contribution in [3.05, 3.63) is 100.0 Å². The third kappa shape index (κ3) is 7.81. The van der Waals surface area contributed by atoms with Crippen LogP contribution in [0.2, 0.25) is 0 Å². The van der Waals surface area contributed by atoms with Gasteiger partial charge < -0.3 is 24.8 Å². The minimum Gasteiger partial charge on any atom is -0.493 e. The molecular formula is C37H45N5O3. The molecule has 0 saturated carbocycles. The fraction of sp³-hybridized carbons (Fsp3) is 0.378. The van der Waals surface area contributed by atoms with Crippen molar-refractivity contribution in [2.45, 2.75) is 52.9 Å². The van der Waals surface area contributed by atoms with Gasteiger partial charge in [-0.25, -0.2) is 4.98 Å². The zero-order valence-corrected chi connectivity index (χ0v) is 27.3. The number of hydrogen-bond acceptors (Lipinski definition) is 6. The van der Waals surface area contributed by atoms with Gasteiger partial charge in [-0.05, 0) is 104 Å². The third-order valence-electron chi connectivity index (χ3n) is 8.70. The molecule has 0 radical (unpaired) electrons. The molecule has 1 saturated heterocycles. The fourth-order valence-electron chi connectivity index (χ4n) is 5.64. The molecule has 1 fully saturated rings. The summed E-state index contributed by atoms with van der Waals surface area (Å²) in [6, 6.07) is 21.1. The van der Waals surface area contributed by atoms with Crippen LogP contribution in [0, 0.1) is 12.8 Å². The minimum atomic E-state index is -0.238. The van der Waals surface area contributed by atoms with Crippen molar-refractivity contribution in [1.82, 2.24) is 14.5 Å². The molecule has 8 heteroatoms. The van der Waals surface area contributed by atoms with Crippen LogP contribution < -0.4 is 20.9 Å². The maximum Gasteiger partial charge on any atom is 0.293 e. The molecule has 1 aliphatic heterocycles. The number of hydrogen-bond donors (Lipinski definition) is 2. The molecule has 45 heavy (non-hydrogen) atoms. The number of benzene rings is 3. The highest BCUT2D eigenvalue weighted by Crippen LogP contribution is 2.29. The lowest BCUT2D eigenvalue weighted by atomic mass is 9.86. The molecule has 3 aromatic carbocycles. The number of carbonyl (C=O) groups excluding carboxylic acids is 1. The van der Waals surface area contributed by atoms with E-state index in [2.05, 4.69) is 43.2 Å². The van der Waals surface area contributed by atoms with E-state index in [1.807, 2.05) is 73.7 Å². The Labute approximate surface area is 266 Å². The van der Waals surface area contributed by atoms with Crippen molar-refractivity contribution in [3.8, 4) is 17.0 Å². The van der Waals surface area contributed by atoms with Gasteiger partial charge in [0.2, 0.25) is 0 Å². The maximum atomic E-state index is 13.1. The Balaban J connectivity index is 1.28. The molecule has 8 nitrogen and oxygen atoms in total. The Morgan fingerprint density at radius 3 is 2.33 bits per heavy atom. The molecule has 2 heterocycles. The quantitative estimate of drug-likeness (QED) is 0.210. The zero-order chi connectivity index (χ0) is 32.1. The Kier molecular flexibility index (Phi) is 9.73. The van der Waals surface area contributed by atoms with Crippen LogP contribution in [-0.2, 0) is 12.5 Å². The topological polar surface area (TPSA) is 88.5 Å². The van der Waals surface area contributed by atoms with E-state index in [-0.39, 0.29) is 22.7 Å². The number of aryl methyl sites for hydroxylation is 1. The van der Waals surface area contributed by atoms with E-state index in [1.165, 1.54) is 23.0 Å². The number of nitrogens with zero attached hydrogens (tertiary/aromatic N) is 3. The highest BCUT2D eigenvalue weighted by Gasteiger charge is 2.19. The molecule has 5 rings (SSSR count). The predicted octanol–water partition coefficient (Wildman–Crippen LogP) is 7.16. The number of ether oxygens (including phenoxy) is 1. The summed E-state index contributed by atoms with van der Waals surface area (Å²) in [7, 11) is 1.71. The third-order valence-corrected chi connectivity index (χ3v) is 8.70. The van der Waals surface area contributed by atoms with Crippen molar-refractivity contribution in [2.24, 2.45) is 13.0 Å². The molecule has 1 aliphatic rings. The standard InChI is InChI=1S/C37H45N5O3/c1-7-42-21-19-26(20-22-42)24-45-30-17-15-29(16-18-30)38-34-36(44)41(6)23-33(39-34)31-9-8-10-32(25(31)2)40-35(43)27-11-13-28(14-12-27)37(3,4)5/h8-18,23,26H,7,19-22,24H2,1-6H3,(H,38,39)(H,40,43). The summed E-state index contributed by atoms with van der Waals surface area (Å²) < 4.78 is 7.60. The highest BCUT2D eigenvalue weighted by atomic mass is 16.5. The number of nitrogens with one attached hydrogen (secondary N) is 2. The van der Waals surface area contributed by atoms with Gasteiger partial charge in [-0.15, -0.1) is 0 Å². The Morgan fingerprint density at radius 1 is 1.00 bits per heavy atom. The van der Waals surface area contributed by atoms with Crippen LogP contribution in [0.4, 0.5) is 17.2 Å². The van der Waals surface area contributed by atoms with Crippen LogP contribution in [0.1, 0.15) is 62.0 Å². The summed E-state index contributed by atoms with van der Waals surface area (Å²) in [6.07, 6.45) is 4.05. The van der Waals surface area contributed by atoms with Gasteiger partial charge in [0.15, 0.2) is 5.82 Å². The van der Waals surface area contributed by atoms with Gasteiger partial charge in [-0.2, -0.15) is 0 Å². The summed E-state index contributed by atoms with van der Waals surface area (Å²) in [4.78, 5) is 33.3. The van der Waals surface area contributed by atoms with Crippen LogP contribution in [0.15, 0.2) is 77.7 Å². The summed E-state index contributed by atoms with van der Waals surface area (Å²) in [6.45, 7) is 14.7. The normalized spacial score (nSPS) is 14.3. The second-order valence-electron chi connectivity index (χ2n) is 13.0. The highest BCUT2D eigenvalue weighted by molar-refractivity contribution is 6.05. The van der Waals surface area contributed by atoms with E-state index >= 15 is 0 Å². The van der Waals surface area contributed by atoms with Crippen LogP contribution in [0.5, 0.6) is 5.75 Å². The van der Waals surface area contributed by atoms with Crippen molar-refractivity contribution in [3.63, 3.8) is 0 Å². The van der Waals surface area contributed by atoms with Gasteiger partial charge >= 0.3 is 0 Å². The molecule has 0 atom stereocenters. The van der Waals surface area contributed by atoms with Gasteiger partial charge in [0.25, 0.3) is 11.5 Å². The van der Waals surface area contributed by atoms with E-state index < -0.39 is 0 Å². The molecule has 236 valence electrons. The SMILES string of the molecule is CCN1CCC(COc2ccc(Nc3nc(-c4cccc(NC(=O)c5ccc(C(C)(C)C)cc5)c4C)cn(C)c3=O)cc2)CC1. The Hall–Kier alpha value is -4.43. The van der Waals surface area contributed by atoms with Gasteiger partial charge in [0, 0.05) is 35.7 Å². The molecular weight excluding hydrogens is 562 g/mol. The first-order chi connectivity index (χ1) is 21.5. The van der Waals surface area contributed by atoms with Crippen molar-refractivity contribution >= 4 is 23.1 Å². The number of rotatable bonds is 9. The second kappa shape index (κ2) is 13.7. The first-order valence-electron chi connectivity index (χ1n) is 15.8. The summed E-state index contributed by atoms with van der Waals surface area (Å²) in [5.41, 5.74) is 5.28. The molecule has 2 N–H and O–H groups in total. The summed E-state index contributed by atoms with van der Waals surface area (Å²) >= 11 is 0. The lowest BCUT2D eigenvalue weighted by Gasteiger charge is -2.30. The average molecular weight is 608 g/mol. The van der Waals surface area contributed by atoms with Gasteiger partial charge in [-0.3, -0.25) is 9.59 Å². The minimum absolute atomic E-state index is 0.0139. The number of amides is 1. The zero-order valence-electron chi connectivity index (χ0n) is 27.3. The van der Waals surface area contributed by atoms with Crippen LogP contribution in [-0.4, -0.2) is 46.6 Å². The van der Waals surface area contributed by atoms with E-state index in [4.69, 9.17) is 9.72 Å². The number of anilines is 3. The van der Waals surface area contributed by atoms with Gasteiger partial charge in [0.05, 0.1) is 12.3 Å². The number of carbonyl (C=O) groups is 1. The van der Waals surface area contributed by atoms with Crippen LogP contribution >= 0.6 is 0 Å². The lowest BCUT2D eigenvalue weighted by Crippen LogP contribution is -2.35. The Bertz CT molecular complexity index is 1680. The second-order valence-corrected chi connectivity index (χ2v) is 13.0. The Morgan fingerprint density at radius 2 is 1.69 bits per heavy atom. The average Bonchev–Trinajstić information content (AvgIpc) is 3.03. The van der Waals surface area contributed by atoms with Crippen molar-refractivity contribution in [1.29, 1.82) is 0 Å². The van der Waals surface area contributed by atoms with Gasteiger partial charge in [-0.1, -0.05) is 52.0 Å². The van der Waals surface area contributed by atoms with E-state index in [9.17, 15) is 9.59 Å². The molecule has 0 aliphatic carbocycles. The first kappa shape index (κ1) is 32.0. The van der Waals surface area contributed by atoms with Crippen molar-refractivity contribution in [2.75, 3.05) is 36.9 Å². The number of aromatic nitrogens is 2. The monoisotopic (exact) mass is 607 g/mol. The smallest absolute Gasteiger partial charge is 0.293 e. The van der Waals surface area contributed by atoms with Crippen LogP contribution in [0.3, 0.4) is 0 Å². The first-order valence-corrected chi connectivity index (χ1v) is 15.8. The van der Waals surface area contributed by atoms with E-state index in [0.717, 1.165) is 48.8 Å². The molecule has 0 unspecified atom stereocenters. The molecule has 0 spiro atoms. The largest absolute Gasteiger partial charge is 0.493 e. The van der Waals surface area contributed by atoms with Crippen molar-refractivity contribution < 1.29 is 9.53 Å². The van der Waals surface area contributed by atoms with Gasteiger partial charge in [0.1, 0.15) is 5.75 Å². The van der Waals surface area contributed by atoms with Crippen LogP contribution in [0.25, 0.3) is 11.3 Å². The number of piperidine rings is 1. The van der Waals surface area contributed by atoms with E-state index in [0.29, 0.717) is 22.9 Å². The lowest BCUT2D eigenvalue weighted by molar-refractivity contribution is 0.102. The molecule has 0 bridgehead atoms. The molecule has 1 amide bonds. The number of likely N-dealkylation sites (tertiary alicyclic amines) is 1. The molecule has 1 aromatic heterocycles. The summed E-state index contributed by atoms with van der Waals surface area (Å²) in [5.74, 6) is 1.43. The summed E-state index contributed by atoms with van der Waals surface area (Å²) in [5, 5.41) is 6.25. The van der Waals surface area contributed by atoms with E-state index in [1.54, 1.807) is 13.2 Å². The fourth-order valence-corrected chi connectivity index (χ4v) is 5.64. The molecule has 4 aromatic rings. The maximum absolute atomic E-state index is 13.1.